The molecule has 0 spiro atoms. The maximum atomic E-state index is 12.2. The molecule has 2 heterocycles. The zero-order valence-corrected chi connectivity index (χ0v) is 11.3. The molecular weight excluding hydrogens is 264 g/mol. The van der Waals surface area contributed by atoms with Gasteiger partial charge in [0.05, 0.1) is 4.92 Å². The molecule has 8 nitrogen and oxygen atoms in total. The van der Waals surface area contributed by atoms with Crippen molar-refractivity contribution in [1.82, 2.24) is 14.7 Å². The summed E-state index contributed by atoms with van der Waals surface area (Å²) in [7, 11) is 0. The first-order chi connectivity index (χ1) is 9.56. The van der Waals surface area contributed by atoms with Gasteiger partial charge < -0.3 is 10.0 Å². The van der Waals surface area contributed by atoms with E-state index >= 15 is 0 Å². The van der Waals surface area contributed by atoms with Crippen LogP contribution in [0.5, 0.6) is 0 Å². The van der Waals surface area contributed by atoms with E-state index in [0.29, 0.717) is 6.54 Å². The summed E-state index contributed by atoms with van der Waals surface area (Å²) in [5, 5.41) is 23.7. The summed E-state index contributed by atoms with van der Waals surface area (Å²) in [5.41, 5.74) is -0.125. The van der Waals surface area contributed by atoms with Gasteiger partial charge in [0.1, 0.15) is 18.9 Å². The minimum Gasteiger partial charge on any atom is -0.396 e. The number of hydrogen-bond donors (Lipinski definition) is 1. The van der Waals surface area contributed by atoms with Crippen LogP contribution in [0.3, 0.4) is 0 Å². The lowest BCUT2D eigenvalue weighted by Crippen LogP contribution is -2.40. The quantitative estimate of drug-likeness (QED) is 0.622. The fraction of sp³-hybridized carbons (Fsp3) is 0.667. The van der Waals surface area contributed by atoms with Gasteiger partial charge in [-0.15, -0.1) is 0 Å². The average molecular weight is 282 g/mol. The number of nitrogens with zero attached hydrogens (tertiary/aromatic N) is 4. The summed E-state index contributed by atoms with van der Waals surface area (Å²) in [5.74, 6) is 0.00158. The Hall–Kier alpha value is -1.96. The van der Waals surface area contributed by atoms with Crippen LogP contribution in [0.25, 0.3) is 0 Å². The molecule has 2 unspecified atom stereocenters. The number of aromatic nitrogens is 2. The molecule has 1 aromatic heterocycles. The van der Waals surface area contributed by atoms with Gasteiger partial charge in [0, 0.05) is 25.1 Å². The first-order valence-corrected chi connectivity index (χ1v) is 6.64. The van der Waals surface area contributed by atoms with Crippen LogP contribution in [0.1, 0.15) is 19.8 Å². The number of aliphatic hydroxyl groups excluding tert-OH is 1. The molecule has 1 aliphatic rings. The van der Waals surface area contributed by atoms with Crippen molar-refractivity contribution in [2.45, 2.75) is 32.4 Å². The lowest BCUT2D eigenvalue weighted by molar-refractivity contribution is -0.385. The van der Waals surface area contributed by atoms with Crippen molar-refractivity contribution >= 4 is 11.6 Å². The molecule has 110 valence electrons. The molecule has 1 aliphatic heterocycles. The van der Waals surface area contributed by atoms with Crippen LogP contribution in [0.4, 0.5) is 5.69 Å². The summed E-state index contributed by atoms with van der Waals surface area (Å²) in [4.78, 5) is 24.0. The van der Waals surface area contributed by atoms with Crippen LogP contribution >= 0.6 is 0 Å². The lowest BCUT2D eigenvalue weighted by atomic mass is 9.99. The maximum Gasteiger partial charge on any atom is 0.307 e. The predicted octanol–water partition coefficient (Wildman–Crippen LogP) is 0.411. The Morgan fingerprint density at radius 3 is 2.95 bits per heavy atom. The summed E-state index contributed by atoms with van der Waals surface area (Å²) in [6.45, 7) is 2.67. The summed E-state index contributed by atoms with van der Waals surface area (Å²) in [6, 6.07) is 0.0399. The number of nitro groups is 1. The first kappa shape index (κ1) is 14.4. The van der Waals surface area contributed by atoms with E-state index in [9.17, 15) is 20.0 Å². The number of aliphatic hydroxyl groups is 1. The van der Waals surface area contributed by atoms with Gasteiger partial charge in [0.2, 0.25) is 5.91 Å². The Morgan fingerprint density at radius 1 is 1.65 bits per heavy atom. The lowest BCUT2D eigenvalue weighted by Gasteiger charge is -2.26. The molecule has 8 heteroatoms. The van der Waals surface area contributed by atoms with E-state index in [-0.39, 0.29) is 36.7 Å². The third kappa shape index (κ3) is 2.79. The highest BCUT2D eigenvalue weighted by Gasteiger charge is 2.35. The second kappa shape index (κ2) is 6.00. The summed E-state index contributed by atoms with van der Waals surface area (Å²) >= 11 is 0. The van der Waals surface area contributed by atoms with E-state index in [4.69, 9.17) is 0 Å². The largest absolute Gasteiger partial charge is 0.396 e. The number of carbonyl (C=O) groups is 1. The van der Waals surface area contributed by atoms with Crippen LogP contribution < -0.4 is 0 Å². The van der Waals surface area contributed by atoms with Crippen molar-refractivity contribution in [2.75, 3.05) is 13.2 Å². The molecule has 0 radical (unpaired) electrons. The first-order valence-electron chi connectivity index (χ1n) is 6.64. The number of likely N-dealkylation sites (tertiary alicyclic amines) is 1. The van der Waals surface area contributed by atoms with Gasteiger partial charge in [-0.1, -0.05) is 6.92 Å². The normalized spacial score (nSPS) is 22.2. The zero-order valence-electron chi connectivity index (χ0n) is 11.3. The van der Waals surface area contributed by atoms with Crippen LogP contribution in [0, 0.1) is 16.0 Å². The van der Waals surface area contributed by atoms with Crippen molar-refractivity contribution in [1.29, 1.82) is 0 Å². The van der Waals surface area contributed by atoms with E-state index in [1.165, 1.54) is 10.9 Å². The molecular formula is C12H18N4O4. The van der Waals surface area contributed by atoms with Crippen molar-refractivity contribution in [3.63, 3.8) is 0 Å². The van der Waals surface area contributed by atoms with Crippen molar-refractivity contribution in [3.8, 4) is 0 Å². The van der Waals surface area contributed by atoms with Gasteiger partial charge in [-0.2, -0.15) is 5.10 Å². The fourth-order valence-corrected chi connectivity index (χ4v) is 2.76. The summed E-state index contributed by atoms with van der Waals surface area (Å²) < 4.78 is 1.28. The fourth-order valence-electron chi connectivity index (χ4n) is 2.76. The third-order valence-corrected chi connectivity index (χ3v) is 3.79. The molecule has 1 N–H and O–H groups in total. The smallest absolute Gasteiger partial charge is 0.307 e. The highest BCUT2D eigenvalue weighted by Crippen LogP contribution is 2.26. The van der Waals surface area contributed by atoms with Crippen molar-refractivity contribution in [2.24, 2.45) is 5.92 Å². The van der Waals surface area contributed by atoms with Crippen LogP contribution in [-0.4, -0.2) is 49.8 Å². The standard InChI is InChI=1S/C12H18N4O4/c1-2-11-9(8-17)3-4-15(11)12(18)7-14-6-10(5-13-14)16(19)20/h5-6,9,11,17H,2-4,7-8H2,1H3. The van der Waals surface area contributed by atoms with Gasteiger partial charge in [0.25, 0.3) is 0 Å². The number of rotatable bonds is 5. The Morgan fingerprint density at radius 2 is 2.40 bits per heavy atom. The number of carbonyl (C=O) groups excluding carboxylic acids is 1. The molecule has 20 heavy (non-hydrogen) atoms. The number of hydrogen-bond acceptors (Lipinski definition) is 5. The average Bonchev–Trinajstić information content (AvgIpc) is 3.03. The van der Waals surface area contributed by atoms with E-state index in [2.05, 4.69) is 5.10 Å². The minimum atomic E-state index is -0.541. The molecule has 1 amide bonds. The molecule has 0 bridgehead atoms. The second-order valence-corrected chi connectivity index (χ2v) is 4.95. The molecule has 2 atom stereocenters. The highest BCUT2D eigenvalue weighted by molar-refractivity contribution is 5.76. The molecule has 0 aliphatic carbocycles. The Balaban J connectivity index is 2.02. The number of amides is 1. The van der Waals surface area contributed by atoms with E-state index in [1.54, 1.807) is 4.90 Å². The monoisotopic (exact) mass is 282 g/mol. The molecule has 1 fully saturated rings. The van der Waals surface area contributed by atoms with Crippen molar-refractivity contribution < 1.29 is 14.8 Å². The molecule has 0 aromatic carbocycles. The SMILES string of the molecule is CCC1C(CO)CCN1C(=O)Cn1cc([N+](=O)[O-])cn1. The van der Waals surface area contributed by atoms with Crippen LogP contribution in [0.2, 0.25) is 0 Å². The van der Waals surface area contributed by atoms with Crippen LogP contribution in [0.15, 0.2) is 12.4 Å². The van der Waals surface area contributed by atoms with E-state index in [1.807, 2.05) is 6.92 Å². The van der Waals surface area contributed by atoms with Gasteiger partial charge in [-0.25, -0.2) is 0 Å². The van der Waals surface area contributed by atoms with Crippen molar-refractivity contribution in [3.05, 3.63) is 22.5 Å². The second-order valence-electron chi connectivity index (χ2n) is 4.95. The minimum absolute atomic E-state index is 0.0114. The van der Waals surface area contributed by atoms with Crippen LogP contribution in [-0.2, 0) is 11.3 Å². The van der Waals surface area contributed by atoms with E-state index < -0.39 is 4.92 Å². The van der Waals surface area contributed by atoms with Gasteiger partial charge in [0.15, 0.2) is 0 Å². The Bertz CT molecular complexity index is 501. The highest BCUT2D eigenvalue weighted by atomic mass is 16.6. The van der Waals surface area contributed by atoms with Gasteiger partial charge in [-0.05, 0) is 12.8 Å². The predicted molar refractivity (Wildman–Crippen MR) is 69.9 cm³/mol. The topological polar surface area (TPSA) is 102 Å². The Kier molecular flexibility index (Phi) is 4.33. The van der Waals surface area contributed by atoms with Gasteiger partial charge in [-0.3, -0.25) is 19.6 Å². The van der Waals surface area contributed by atoms with Gasteiger partial charge >= 0.3 is 5.69 Å². The molecule has 1 saturated heterocycles. The third-order valence-electron chi connectivity index (χ3n) is 3.79. The summed E-state index contributed by atoms with van der Waals surface area (Å²) in [6.07, 6.45) is 3.96. The van der Waals surface area contributed by atoms with E-state index in [0.717, 1.165) is 19.0 Å². The molecule has 1 aromatic rings. The Labute approximate surface area is 116 Å². The molecule has 2 rings (SSSR count). The zero-order chi connectivity index (χ0) is 14.7. The maximum absolute atomic E-state index is 12.2. The molecule has 0 saturated carbocycles.